The highest BCUT2D eigenvalue weighted by Gasteiger charge is 2.08. The molecule has 0 spiro atoms. The SMILES string of the molecule is CCN(CC)CCNC(=O)N(CC)CC. The minimum absolute atomic E-state index is 0.0483. The van der Waals surface area contributed by atoms with Crippen LogP contribution >= 0.6 is 0 Å². The average Bonchev–Trinajstić information content (AvgIpc) is 2.26. The molecule has 0 saturated heterocycles. The van der Waals surface area contributed by atoms with Gasteiger partial charge in [-0.05, 0) is 26.9 Å². The third-order valence-electron chi connectivity index (χ3n) is 2.65. The minimum Gasteiger partial charge on any atom is -0.337 e. The molecule has 0 unspecified atom stereocenters. The second kappa shape index (κ2) is 8.53. The lowest BCUT2D eigenvalue weighted by Crippen LogP contribution is -2.42. The summed E-state index contributed by atoms with van der Waals surface area (Å²) in [5, 5.41) is 2.93. The molecule has 4 nitrogen and oxygen atoms in total. The first kappa shape index (κ1) is 14.2. The van der Waals surface area contributed by atoms with Crippen molar-refractivity contribution in [2.75, 3.05) is 39.3 Å². The minimum atomic E-state index is 0.0483. The molecule has 0 aliphatic heterocycles. The van der Waals surface area contributed by atoms with Crippen molar-refractivity contribution in [3.63, 3.8) is 0 Å². The van der Waals surface area contributed by atoms with Gasteiger partial charge in [-0.25, -0.2) is 4.79 Å². The summed E-state index contributed by atoms with van der Waals surface area (Å²) in [6.45, 7) is 13.5. The third-order valence-corrected chi connectivity index (χ3v) is 2.65. The van der Waals surface area contributed by atoms with Crippen LogP contribution in [0.4, 0.5) is 4.79 Å². The van der Waals surface area contributed by atoms with Crippen LogP contribution in [0.15, 0.2) is 0 Å². The number of rotatable bonds is 7. The maximum absolute atomic E-state index is 11.6. The molecule has 0 aliphatic carbocycles. The molecule has 0 saturated carbocycles. The van der Waals surface area contributed by atoms with Crippen molar-refractivity contribution in [2.24, 2.45) is 0 Å². The van der Waals surface area contributed by atoms with Crippen molar-refractivity contribution >= 4 is 6.03 Å². The van der Waals surface area contributed by atoms with Crippen molar-refractivity contribution in [1.82, 2.24) is 15.1 Å². The summed E-state index contributed by atoms with van der Waals surface area (Å²) in [6, 6.07) is 0.0483. The van der Waals surface area contributed by atoms with E-state index in [9.17, 15) is 4.79 Å². The second-order valence-electron chi connectivity index (χ2n) is 3.43. The van der Waals surface area contributed by atoms with Gasteiger partial charge in [0.1, 0.15) is 0 Å². The molecule has 4 heteroatoms. The van der Waals surface area contributed by atoms with Gasteiger partial charge in [0.05, 0.1) is 0 Å². The van der Waals surface area contributed by atoms with E-state index in [0.29, 0.717) is 0 Å². The van der Waals surface area contributed by atoms with Crippen LogP contribution in [0, 0.1) is 0 Å². The van der Waals surface area contributed by atoms with Gasteiger partial charge in [-0.2, -0.15) is 0 Å². The Morgan fingerprint density at radius 3 is 1.93 bits per heavy atom. The molecule has 0 heterocycles. The number of carbonyl (C=O) groups is 1. The molecule has 0 radical (unpaired) electrons. The predicted octanol–water partition coefficient (Wildman–Crippen LogP) is 1.38. The summed E-state index contributed by atoms with van der Waals surface area (Å²) in [4.78, 5) is 15.6. The van der Waals surface area contributed by atoms with E-state index in [1.165, 1.54) is 0 Å². The quantitative estimate of drug-likeness (QED) is 0.696. The van der Waals surface area contributed by atoms with Gasteiger partial charge >= 0.3 is 6.03 Å². The topological polar surface area (TPSA) is 35.6 Å². The fraction of sp³-hybridized carbons (Fsp3) is 0.909. The number of amides is 2. The van der Waals surface area contributed by atoms with Gasteiger partial charge in [0.2, 0.25) is 0 Å². The first-order valence-corrected chi connectivity index (χ1v) is 5.94. The fourth-order valence-corrected chi connectivity index (χ4v) is 1.48. The number of nitrogens with zero attached hydrogens (tertiary/aromatic N) is 2. The molecule has 2 amide bonds. The van der Waals surface area contributed by atoms with E-state index in [1.54, 1.807) is 4.90 Å². The highest BCUT2D eigenvalue weighted by molar-refractivity contribution is 5.73. The van der Waals surface area contributed by atoms with Crippen LogP contribution in [-0.4, -0.2) is 55.1 Å². The highest BCUT2D eigenvalue weighted by Crippen LogP contribution is 1.89. The fourth-order valence-electron chi connectivity index (χ4n) is 1.48. The summed E-state index contributed by atoms with van der Waals surface area (Å²) in [6.07, 6.45) is 0. The van der Waals surface area contributed by atoms with Crippen molar-refractivity contribution in [2.45, 2.75) is 27.7 Å². The Kier molecular flexibility index (Phi) is 8.09. The molecule has 0 bridgehead atoms. The maximum Gasteiger partial charge on any atom is 0.317 e. The van der Waals surface area contributed by atoms with Crippen LogP contribution in [0.25, 0.3) is 0 Å². The highest BCUT2D eigenvalue weighted by atomic mass is 16.2. The Bertz CT molecular complexity index is 165. The Balaban J connectivity index is 3.70. The van der Waals surface area contributed by atoms with E-state index in [-0.39, 0.29) is 6.03 Å². The number of carbonyl (C=O) groups excluding carboxylic acids is 1. The van der Waals surface area contributed by atoms with Crippen LogP contribution in [-0.2, 0) is 0 Å². The lowest BCUT2D eigenvalue weighted by Gasteiger charge is -2.22. The van der Waals surface area contributed by atoms with Crippen LogP contribution in [0.2, 0.25) is 0 Å². The standard InChI is InChI=1S/C11H25N3O/c1-5-13(6-2)10-9-12-11(15)14(7-3)8-4/h5-10H2,1-4H3,(H,12,15). The summed E-state index contributed by atoms with van der Waals surface area (Å²) in [5.41, 5.74) is 0. The Morgan fingerprint density at radius 1 is 1.00 bits per heavy atom. The lowest BCUT2D eigenvalue weighted by atomic mass is 10.4. The maximum atomic E-state index is 11.6. The van der Waals surface area contributed by atoms with Gasteiger partial charge in [-0.1, -0.05) is 13.8 Å². The van der Waals surface area contributed by atoms with Gasteiger partial charge in [0.15, 0.2) is 0 Å². The molecular formula is C11H25N3O. The van der Waals surface area contributed by atoms with E-state index in [2.05, 4.69) is 24.1 Å². The van der Waals surface area contributed by atoms with Crippen LogP contribution in [0.5, 0.6) is 0 Å². The van der Waals surface area contributed by atoms with Crippen molar-refractivity contribution < 1.29 is 4.79 Å². The third kappa shape index (κ3) is 5.62. The molecule has 0 aromatic carbocycles. The summed E-state index contributed by atoms with van der Waals surface area (Å²) in [7, 11) is 0. The van der Waals surface area contributed by atoms with Gasteiger partial charge in [-0.15, -0.1) is 0 Å². The van der Waals surface area contributed by atoms with Gasteiger partial charge in [-0.3, -0.25) is 0 Å². The molecule has 0 fully saturated rings. The zero-order valence-corrected chi connectivity index (χ0v) is 10.5. The Morgan fingerprint density at radius 2 is 1.53 bits per heavy atom. The van der Waals surface area contributed by atoms with E-state index >= 15 is 0 Å². The zero-order chi connectivity index (χ0) is 11.7. The van der Waals surface area contributed by atoms with Gasteiger partial charge in [0, 0.05) is 26.2 Å². The molecule has 15 heavy (non-hydrogen) atoms. The molecular weight excluding hydrogens is 190 g/mol. The molecule has 0 aliphatic rings. The van der Waals surface area contributed by atoms with Gasteiger partial charge in [0.25, 0.3) is 0 Å². The predicted molar refractivity (Wildman–Crippen MR) is 64.1 cm³/mol. The van der Waals surface area contributed by atoms with Crippen LogP contribution in [0.3, 0.4) is 0 Å². The van der Waals surface area contributed by atoms with Gasteiger partial charge < -0.3 is 15.1 Å². The average molecular weight is 215 g/mol. The smallest absolute Gasteiger partial charge is 0.317 e. The molecule has 0 aromatic heterocycles. The van der Waals surface area contributed by atoms with Crippen molar-refractivity contribution in [1.29, 1.82) is 0 Å². The normalized spacial score (nSPS) is 10.5. The van der Waals surface area contributed by atoms with Crippen molar-refractivity contribution in [3.8, 4) is 0 Å². The van der Waals surface area contributed by atoms with E-state index in [1.807, 2.05) is 13.8 Å². The second-order valence-corrected chi connectivity index (χ2v) is 3.43. The Hall–Kier alpha value is -0.770. The summed E-state index contributed by atoms with van der Waals surface area (Å²) >= 11 is 0. The number of hydrogen-bond donors (Lipinski definition) is 1. The monoisotopic (exact) mass is 215 g/mol. The zero-order valence-electron chi connectivity index (χ0n) is 10.5. The molecule has 0 aromatic rings. The Labute approximate surface area is 93.6 Å². The van der Waals surface area contributed by atoms with Crippen molar-refractivity contribution in [3.05, 3.63) is 0 Å². The number of likely N-dealkylation sites (N-methyl/N-ethyl adjacent to an activating group) is 1. The molecule has 1 N–H and O–H groups in total. The largest absolute Gasteiger partial charge is 0.337 e. The molecule has 90 valence electrons. The molecule has 0 rings (SSSR count). The number of urea groups is 1. The lowest BCUT2D eigenvalue weighted by molar-refractivity contribution is 0.200. The number of nitrogens with one attached hydrogen (secondary N) is 1. The first-order valence-electron chi connectivity index (χ1n) is 5.94. The summed E-state index contributed by atoms with van der Waals surface area (Å²) in [5.74, 6) is 0. The van der Waals surface area contributed by atoms with Crippen LogP contribution in [0.1, 0.15) is 27.7 Å². The van der Waals surface area contributed by atoms with E-state index in [4.69, 9.17) is 0 Å². The molecule has 0 atom stereocenters. The first-order chi connectivity index (χ1) is 7.19. The van der Waals surface area contributed by atoms with E-state index in [0.717, 1.165) is 39.3 Å². The van der Waals surface area contributed by atoms with Crippen LogP contribution < -0.4 is 5.32 Å². The number of hydrogen-bond acceptors (Lipinski definition) is 2. The summed E-state index contributed by atoms with van der Waals surface area (Å²) < 4.78 is 0. The van der Waals surface area contributed by atoms with E-state index < -0.39 is 0 Å².